The van der Waals surface area contributed by atoms with Crippen LogP contribution in [0.3, 0.4) is 0 Å². The van der Waals surface area contributed by atoms with E-state index in [0.29, 0.717) is 28.8 Å². The Morgan fingerprint density at radius 3 is 2.48 bits per heavy atom. The van der Waals surface area contributed by atoms with Crippen LogP contribution in [-0.2, 0) is 6.54 Å². The molecule has 4 rings (SSSR count). The summed E-state index contributed by atoms with van der Waals surface area (Å²) >= 11 is 1.25. The number of aromatic nitrogens is 3. The summed E-state index contributed by atoms with van der Waals surface area (Å²) in [5, 5.41) is 9.06. The van der Waals surface area contributed by atoms with Crippen molar-refractivity contribution < 1.29 is 22.7 Å². The highest BCUT2D eigenvalue weighted by Gasteiger charge is 2.18. The normalized spacial score (nSPS) is 11.1. The highest BCUT2D eigenvalue weighted by molar-refractivity contribution is 7.99. The molecular formula is C22H17F2N3O3S. The smallest absolute Gasteiger partial charge is 0.387 e. The minimum Gasteiger partial charge on any atom is -0.461 e. The van der Waals surface area contributed by atoms with E-state index in [4.69, 9.17) is 4.42 Å². The zero-order valence-electron chi connectivity index (χ0n) is 16.2. The zero-order valence-corrected chi connectivity index (χ0v) is 17.0. The fourth-order valence-electron chi connectivity index (χ4n) is 2.93. The number of benzene rings is 2. The maximum atomic E-state index is 12.6. The Morgan fingerprint density at radius 2 is 1.81 bits per heavy atom. The Bertz CT molecular complexity index is 1130. The molecule has 158 valence electrons. The molecule has 0 aliphatic heterocycles. The number of nitrogens with zero attached hydrogens (tertiary/aromatic N) is 3. The molecule has 2 heterocycles. The number of carbonyl (C=O) groups excluding carboxylic acids is 1. The maximum absolute atomic E-state index is 12.6. The van der Waals surface area contributed by atoms with Gasteiger partial charge in [0.25, 0.3) is 0 Å². The molecule has 4 aromatic rings. The summed E-state index contributed by atoms with van der Waals surface area (Å²) in [6, 6.07) is 19.0. The molecular weight excluding hydrogens is 424 g/mol. The Kier molecular flexibility index (Phi) is 6.42. The third-order valence-electron chi connectivity index (χ3n) is 4.38. The second-order valence-corrected chi connectivity index (χ2v) is 7.41. The molecule has 2 aromatic carbocycles. The van der Waals surface area contributed by atoms with Crippen molar-refractivity contribution in [3.05, 3.63) is 84.1 Å². The van der Waals surface area contributed by atoms with Gasteiger partial charge < -0.3 is 9.15 Å². The van der Waals surface area contributed by atoms with Gasteiger partial charge in [-0.25, -0.2) is 0 Å². The van der Waals surface area contributed by atoms with Crippen LogP contribution in [0, 0.1) is 0 Å². The number of ketones is 1. The molecule has 0 aliphatic carbocycles. The predicted octanol–water partition coefficient (Wildman–Crippen LogP) is 5.16. The van der Waals surface area contributed by atoms with Crippen LogP contribution >= 0.6 is 11.8 Å². The molecule has 0 N–H and O–H groups in total. The molecule has 0 fully saturated rings. The third kappa shape index (κ3) is 5.18. The lowest BCUT2D eigenvalue weighted by Gasteiger charge is -2.09. The first-order valence-corrected chi connectivity index (χ1v) is 10.3. The van der Waals surface area contributed by atoms with Gasteiger partial charge in [-0.1, -0.05) is 42.1 Å². The summed E-state index contributed by atoms with van der Waals surface area (Å²) in [5.74, 6) is 1.10. The predicted molar refractivity (Wildman–Crippen MR) is 111 cm³/mol. The minimum absolute atomic E-state index is 0.00453. The fraction of sp³-hybridized carbons (Fsp3) is 0.136. The van der Waals surface area contributed by atoms with Crippen LogP contribution in [0.4, 0.5) is 8.78 Å². The number of halogens is 2. The van der Waals surface area contributed by atoms with Crippen molar-refractivity contribution in [2.45, 2.75) is 18.3 Å². The largest absolute Gasteiger partial charge is 0.461 e. The monoisotopic (exact) mass is 441 g/mol. The lowest BCUT2D eigenvalue weighted by Crippen LogP contribution is -2.07. The van der Waals surface area contributed by atoms with E-state index in [1.165, 1.54) is 36.0 Å². The van der Waals surface area contributed by atoms with Gasteiger partial charge >= 0.3 is 6.61 Å². The molecule has 6 nitrogen and oxygen atoms in total. The van der Waals surface area contributed by atoms with Gasteiger partial charge in [0, 0.05) is 5.56 Å². The van der Waals surface area contributed by atoms with Crippen LogP contribution in [0.1, 0.15) is 15.9 Å². The first-order chi connectivity index (χ1) is 15.1. The van der Waals surface area contributed by atoms with E-state index in [1.54, 1.807) is 18.4 Å². The van der Waals surface area contributed by atoms with Gasteiger partial charge in [0.2, 0.25) is 5.82 Å². The van der Waals surface area contributed by atoms with Crippen LogP contribution in [0.5, 0.6) is 5.75 Å². The van der Waals surface area contributed by atoms with Crippen molar-refractivity contribution in [2.75, 3.05) is 5.75 Å². The molecule has 0 amide bonds. The number of hydrogen-bond donors (Lipinski definition) is 0. The molecule has 0 saturated heterocycles. The van der Waals surface area contributed by atoms with Crippen molar-refractivity contribution in [2.24, 2.45) is 0 Å². The topological polar surface area (TPSA) is 70.2 Å². The van der Waals surface area contributed by atoms with E-state index in [9.17, 15) is 13.6 Å². The molecule has 0 aliphatic rings. The highest BCUT2D eigenvalue weighted by Crippen LogP contribution is 2.26. The van der Waals surface area contributed by atoms with E-state index in [0.717, 1.165) is 5.56 Å². The summed E-state index contributed by atoms with van der Waals surface area (Å²) in [6.07, 6.45) is 1.56. The van der Waals surface area contributed by atoms with Crippen LogP contribution in [0.15, 0.2) is 82.6 Å². The van der Waals surface area contributed by atoms with Gasteiger partial charge in [0.15, 0.2) is 16.7 Å². The van der Waals surface area contributed by atoms with Crippen LogP contribution in [-0.4, -0.2) is 32.9 Å². The van der Waals surface area contributed by atoms with Gasteiger partial charge in [0.1, 0.15) is 5.75 Å². The summed E-state index contributed by atoms with van der Waals surface area (Å²) in [7, 11) is 0. The summed E-state index contributed by atoms with van der Waals surface area (Å²) in [5.41, 5.74) is 1.45. The number of furan rings is 1. The SMILES string of the molecule is O=C(CSc1nnc(-c2ccco2)n1Cc1ccccc1)c1ccc(OC(F)F)cc1. The van der Waals surface area contributed by atoms with E-state index in [-0.39, 0.29) is 17.3 Å². The van der Waals surface area contributed by atoms with Gasteiger partial charge in [-0.05, 0) is 42.0 Å². The molecule has 0 spiro atoms. The second kappa shape index (κ2) is 9.57. The van der Waals surface area contributed by atoms with Gasteiger partial charge in [0.05, 0.1) is 18.6 Å². The van der Waals surface area contributed by atoms with E-state index >= 15 is 0 Å². The molecule has 0 bridgehead atoms. The van der Waals surface area contributed by atoms with E-state index in [2.05, 4.69) is 14.9 Å². The Morgan fingerprint density at radius 1 is 1.03 bits per heavy atom. The first kappa shape index (κ1) is 20.8. The maximum Gasteiger partial charge on any atom is 0.387 e. The molecule has 0 atom stereocenters. The minimum atomic E-state index is -2.91. The molecule has 9 heteroatoms. The lowest BCUT2D eigenvalue weighted by atomic mass is 10.1. The highest BCUT2D eigenvalue weighted by atomic mass is 32.2. The number of alkyl halides is 2. The van der Waals surface area contributed by atoms with Crippen LogP contribution in [0.2, 0.25) is 0 Å². The fourth-order valence-corrected chi connectivity index (χ4v) is 3.76. The van der Waals surface area contributed by atoms with Gasteiger partial charge in [-0.15, -0.1) is 10.2 Å². The van der Waals surface area contributed by atoms with Crippen LogP contribution in [0.25, 0.3) is 11.6 Å². The Labute approximate surface area is 180 Å². The number of carbonyl (C=O) groups is 1. The number of thioether (sulfide) groups is 1. The number of Topliss-reactive ketones (excluding diaryl/α,β-unsaturated/α-hetero) is 1. The molecule has 31 heavy (non-hydrogen) atoms. The van der Waals surface area contributed by atoms with Gasteiger partial charge in [-0.2, -0.15) is 8.78 Å². The second-order valence-electron chi connectivity index (χ2n) is 6.47. The first-order valence-electron chi connectivity index (χ1n) is 9.32. The zero-order chi connectivity index (χ0) is 21.6. The average Bonchev–Trinajstić information content (AvgIpc) is 3.43. The van der Waals surface area contributed by atoms with Crippen molar-refractivity contribution in [3.63, 3.8) is 0 Å². The standard InChI is InChI=1S/C22H17F2N3O3S/c23-21(24)30-17-10-8-16(9-11-17)18(28)14-31-22-26-25-20(19-7-4-12-29-19)27(22)13-15-5-2-1-3-6-15/h1-12,21H,13-14H2. The lowest BCUT2D eigenvalue weighted by molar-refractivity contribution is -0.0498. The number of ether oxygens (including phenoxy) is 1. The summed E-state index contributed by atoms with van der Waals surface area (Å²) < 4.78 is 36.2. The molecule has 0 saturated carbocycles. The van der Waals surface area contributed by atoms with E-state index < -0.39 is 6.61 Å². The van der Waals surface area contributed by atoms with Crippen molar-refractivity contribution in [1.82, 2.24) is 14.8 Å². The quantitative estimate of drug-likeness (QED) is 0.264. The van der Waals surface area contributed by atoms with Crippen molar-refractivity contribution in [3.8, 4) is 17.3 Å². The Balaban J connectivity index is 1.51. The van der Waals surface area contributed by atoms with Crippen molar-refractivity contribution in [1.29, 1.82) is 0 Å². The molecule has 0 radical (unpaired) electrons. The molecule has 0 unspecified atom stereocenters. The summed E-state index contributed by atoms with van der Waals surface area (Å²) in [6.45, 7) is -2.39. The van der Waals surface area contributed by atoms with Crippen LogP contribution < -0.4 is 4.74 Å². The average molecular weight is 441 g/mol. The van der Waals surface area contributed by atoms with Gasteiger partial charge in [-0.3, -0.25) is 9.36 Å². The van der Waals surface area contributed by atoms with Crippen molar-refractivity contribution >= 4 is 17.5 Å². The summed E-state index contributed by atoms with van der Waals surface area (Å²) in [4.78, 5) is 12.6. The third-order valence-corrected chi connectivity index (χ3v) is 5.34. The number of hydrogen-bond acceptors (Lipinski definition) is 6. The van der Waals surface area contributed by atoms with E-state index in [1.807, 2.05) is 34.9 Å². The Hall–Kier alpha value is -3.46. The molecule has 2 aromatic heterocycles. The number of rotatable bonds is 9.